The zero-order valence-electron chi connectivity index (χ0n) is 14.5. The summed E-state index contributed by atoms with van der Waals surface area (Å²) in [4.78, 5) is 14.3. The number of amides is 1. The van der Waals surface area contributed by atoms with Gasteiger partial charge >= 0.3 is 0 Å². The third-order valence-electron chi connectivity index (χ3n) is 4.35. The number of halogens is 2. The van der Waals surface area contributed by atoms with Crippen molar-refractivity contribution < 1.29 is 4.79 Å². The first-order valence-electron chi connectivity index (χ1n) is 8.15. The van der Waals surface area contributed by atoms with E-state index in [4.69, 9.17) is 5.73 Å². The van der Waals surface area contributed by atoms with Gasteiger partial charge in [-0.3, -0.25) is 4.79 Å². The molecule has 1 aliphatic rings. The maximum absolute atomic E-state index is 11.7. The van der Waals surface area contributed by atoms with Gasteiger partial charge < -0.3 is 16.0 Å². The molecular weight excluding hydrogens is 321 g/mol. The van der Waals surface area contributed by atoms with Gasteiger partial charge in [-0.25, -0.2) is 0 Å². The molecule has 0 aliphatic carbocycles. The monoisotopic (exact) mass is 355 g/mol. The second-order valence-corrected chi connectivity index (χ2v) is 6.85. The third kappa shape index (κ3) is 9.19. The van der Waals surface area contributed by atoms with Crippen LogP contribution in [0.5, 0.6) is 0 Å². The molecule has 4 nitrogen and oxygen atoms in total. The minimum Gasteiger partial charge on any atom is -0.356 e. The van der Waals surface area contributed by atoms with E-state index in [1.807, 2.05) is 13.8 Å². The van der Waals surface area contributed by atoms with E-state index in [-0.39, 0.29) is 42.7 Å². The molecule has 1 saturated heterocycles. The van der Waals surface area contributed by atoms with Crippen LogP contribution in [0.15, 0.2) is 0 Å². The second-order valence-electron chi connectivity index (χ2n) is 6.85. The van der Waals surface area contributed by atoms with E-state index in [0.29, 0.717) is 0 Å². The Morgan fingerprint density at radius 1 is 1.18 bits per heavy atom. The van der Waals surface area contributed by atoms with E-state index in [9.17, 15) is 4.79 Å². The molecule has 6 heteroatoms. The Labute approximate surface area is 148 Å². The van der Waals surface area contributed by atoms with Gasteiger partial charge in [0.25, 0.3) is 0 Å². The zero-order valence-corrected chi connectivity index (χ0v) is 16.1. The summed E-state index contributed by atoms with van der Waals surface area (Å²) in [5, 5.41) is 2.98. The fourth-order valence-electron chi connectivity index (χ4n) is 3.05. The van der Waals surface area contributed by atoms with Gasteiger partial charge in [0, 0.05) is 31.6 Å². The molecule has 1 aliphatic heterocycles. The minimum absolute atomic E-state index is 0. The number of carbonyl (C=O) groups excluding carboxylic acids is 1. The van der Waals surface area contributed by atoms with Crippen molar-refractivity contribution >= 4 is 30.7 Å². The van der Waals surface area contributed by atoms with E-state index >= 15 is 0 Å². The summed E-state index contributed by atoms with van der Waals surface area (Å²) in [6.07, 6.45) is 3.57. The second kappa shape index (κ2) is 12.4. The van der Waals surface area contributed by atoms with E-state index in [1.165, 1.54) is 19.5 Å². The van der Waals surface area contributed by atoms with E-state index < -0.39 is 0 Å². The number of hydrogen-bond donors (Lipinski definition) is 2. The molecule has 0 aromatic rings. The number of hydrogen-bond acceptors (Lipinski definition) is 3. The van der Waals surface area contributed by atoms with E-state index in [0.717, 1.165) is 37.8 Å². The highest BCUT2D eigenvalue weighted by Gasteiger charge is 2.21. The van der Waals surface area contributed by atoms with Crippen molar-refractivity contribution in [2.75, 3.05) is 26.2 Å². The Kier molecular flexibility index (Phi) is 13.7. The Balaban J connectivity index is 0. The molecule has 0 spiro atoms. The lowest BCUT2D eigenvalue weighted by atomic mass is 9.92. The zero-order chi connectivity index (χ0) is 15.1. The van der Waals surface area contributed by atoms with Gasteiger partial charge in [-0.15, -0.1) is 24.8 Å². The maximum atomic E-state index is 11.7. The van der Waals surface area contributed by atoms with Crippen molar-refractivity contribution in [3.8, 4) is 0 Å². The SMILES string of the molecule is CC1CC(C)CN(CCCCNC(=O)C(C)C(C)N)C1.Cl.Cl. The Hall–Kier alpha value is -0.0300. The van der Waals surface area contributed by atoms with Crippen molar-refractivity contribution in [1.82, 2.24) is 10.2 Å². The smallest absolute Gasteiger partial charge is 0.224 e. The van der Waals surface area contributed by atoms with Gasteiger partial charge in [-0.05, 0) is 44.6 Å². The molecule has 134 valence electrons. The first-order chi connectivity index (χ1) is 9.40. The molecule has 22 heavy (non-hydrogen) atoms. The molecule has 1 amide bonds. The summed E-state index contributed by atoms with van der Waals surface area (Å²) >= 11 is 0. The quantitative estimate of drug-likeness (QED) is 0.690. The highest BCUT2D eigenvalue weighted by atomic mass is 35.5. The van der Waals surface area contributed by atoms with Crippen molar-refractivity contribution in [3.05, 3.63) is 0 Å². The van der Waals surface area contributed by atoms with Crippen molar-refractivity contribution in [3.63, 3.8) is 0 Å². The molecule has 4 unspecified atom stereocenters. The number of rotatable bonds is 7. The molecule has 0 saturated carbocycles. The van der Waals surface area contributed by atoms with Crippen molar-refractivity contribution in [2.45, 2.75) is 53.0 Å². The number of unbranched alkanes of at least 4 members (excludes halogenated alkanes) is 1. The van der Waals surface area contributed by atoms with Crippen LogP contribution in [-0.2, 0) is 4.79 Å². The molecule has 0 aromatic carbocycles. The number of piperidine rings is 1. The van der Waals surface area contributed by atoms with Gasteiger partial charge in [-0.1, -0.05) is 20.8 Å². The van der Waals surface area contributed by atoms with Crippen LogP contribution in [0.25, 0.3) is 0 Å². The first kappa shape index (κ1) is 24.2. The summed E-state index contributed by atoms with van der Waals surface area (Å²) in [7, 11) is 0. The minimum atomic E-state index is -0.0983. The normalized spacial score (nSPS) is 24.6. The molecular formula is C16H35Cl2N3O. The first-order valence-corrected chi connectivity index (χ1v) is 8.15. The van der Waals surface area contributed by atoms with Gasteiger partial charge in [0.15, 0.2) is 0 Å². The predicted octanol–water partition coefficient (Wildman–Crippen LogP) is 2.69. The lowest BCUT2D eigenvalue weighted by Gasteiger charge is -2.34. The maximum Gasteiger partial charge on any atom is 0.224 e. The van der Waals surface area contributed by atoms with Gasteiger partial charge in [0.05, 0.1) is 0 Å². The van der Waals surface area contributed by atoms with E-state index in [1.54, 1.807) is 0 Å². The van der Waals surface area contributed by atoms with Crippen molar-refractivity contribution in [2.24, 2.45) is 23.5 Å². The largest absolute Gasteiger partial charge is 0.356 e. The standard InChI is InChI=1S/C16H33N3O.2ClH/c1-12-9-13(2)11-19(10-12)8-6-5-7-18-16(20)14(3)15(4)17;;/h12-15H,5-11,17H2,1-4H3,(H,18,20);2*1H. The van der Waals surface area contributed by atoms with Crippen LogP contribution in [0.4, 0.5) is 0 Å². The van der Waals surface area contributed by atoms with Gasteiger partial charge in [0.2, 0.25) is 5.91 Å². The molecule has 0 aromatic heterocycles. The number of carbonyl (C=O) groups is 1. The summed E-state index contributed by atoms with van der Waals surface area (Å²) < 4.78 is 0. The fraction of sp³-hybridized carbons (Fsp3) is 0.938. The van der Waals surface area contributed by atoms with Gasteiger partial charge in [0.1, 0.15) is 0 Å². The molecule has 0 radical (unpaired) electrons. The van der Waals surface area contributed by atoms with Crippen LogP contribution in [0.2, 0.25) is 0 Å². The lowest BCUT2D eigenvalue weighted by molar-refractivity contribution is -0.124. The number of nitrogens with zero attached hydrogens (tertiary/aromatic N) is 1. The molecule has 1 fully saturated rings. The summed E-state index contributed by atoms with van der Waals surface area (Å²) in [5.41, 5.74) is 5.72. The van der Waals surface area contributed by atoms with E-state index in [2.05, 4.69) is 24.1 Å². The lowest BCUT2D eigenvalue weighted by Crippen LogP contribution is -2.40. The third-order valence-corrected chi connectivity index (χ3v) is 4.35. The highest BCUT2D eigenvalue weighted by molar-refractivity contribution is 5.85. The average Bonchev–Trinajstić information content (AvgIpc) is 2.35. The molecule has 3 N–H and O–H groups in total. The van der Waals surface area contributed by atoms with Crippen LogP contribution in [0.3, 0.4) is 0 Å². The van der Waals surface area contributed by atoms with Gasteiger partial charge in [-0.2, -0.15) is 0 Å². The summed E-state index contributed by atoms with van der Waals surface area (Å²) in [6.45, 7) is 12.9. The molecule has 0 bridgehead atoms. The number of nitrogens with two attached hydrogens (primary N) is 1. The topological polar surface area (TPSA) is 58.4 Å². The molecule has 1 rings (SSSR count). The van der Waals surface area contributed by atoms with Crippen LogP contribution < -0.4 is 11.1 Å². The predicted molar refractivity (Wildman–Crippen MR) is 98.9 cm³/mol. The molecule has 4 atom stereocenters. The fourth-order valence-corrected chi connectivity index (χ4v) is 3.05. The summed E-state index contributed by atoms with van der Waals surface area (Å²) in [5.74, 6) is 1.63. The summed E-state index contributed by atoms with van der Waals surface area (Å²) in [6, 6.07) is -0.0775. The average molecular weight is 356 g/mol. The Morgan fingerprint density at radius 3 is 2.23 bits per heavy atom. The number of nitrogens with one attached hydrogen (secondary N) is 1. The Bertz CT molecular complexity index is 293. The number of likely N-dealkylation sites (tertiary alicyclic amines) is 1. The van der Waals surface area contributed by atoms with Crippen LogP contribution in [0.1, 0.15) is 47.0 Å². The Morgan fingerprint density at radius 2 is 1.73 bits per heavy atom. The van der Waals surface area contributed by atoms with Crippen LogP contribution in [0, 0.1) is 17.8 Å². The van der Waals surface area contributed by atoms with Crippen LogP contribution >= 0.6 is 24.8 Å². The highest BCUT2D eigenvalue weighted by Crippen LogP contribution is 2.20. The molecule has 1 heterocycles. The van der Waals surface area contributed by atoms with Crippen molar-refractivity contribution in [1.29, 1.82) is 0 Å². The van der Waals surface area contributed by atoms with Crippen LogP contribution in [-0.4, -0.2) is 43.0 Å².